The van der Waals surface area contributed by atoms with Crippen molar-refractivity contribution in [3.8, 4) is 16.3 Å². The molecule has 6 nitrogen and oxygen atoms in total. The van der Waals surface area contributed by atoms with E-state index in [9.17, 15) is 8.42 Å². The summed E-state index contributed by atoms with van der Waals surface area (Å²) >= 11 is 1.47. The van der Waals surface area contributed by atoms with Crippen LogP contribution in [0.15, 0.2) is 58.9 Å². The summed E-state index contributed by atoms with van der Waals surface area (Å²) in [4.78, 5) is 3.06. The van der Waals surface area contributed by atoms with Gasteiger partial charge in [-0.15, -0.1) is 11.3 Å². The summed E-state index contributed by atoms with van der Waals surface area (Å²) in [5.41, 5.74) is 1.29. The molecule has 1 aromatic carbocycles. The number of thiophene rings is 1. The topological polar surface area (TPSA) is 67.2 Å². The number of nitrogens with one attached hydrogen (secondary N) is 1. The van der Waals surface area contributed by atoms with Gasteiger partial charge in [0.05, 0.1) is 16.8 Å². The van der Waals surface area contributed by atoms with Crippen LogP contribution < -0.4 is 4.72 Å². The zero-order valence-electron chi connectivity index (χ0n) is 14.8. The molecule has 0 saturated heterocycles. The summed E-state index contributed by atoms with van der Waals surface area (Å²) in [5, 5.41) is 6.46. The molecule has 138 valence electrons. The smallest absolute Gasteiger partial charge is 0.244 e. The van der Waals surface area contributed by atoms with Crippen LogP contribution in [0.2, 0.25) is 0 Å². The Morgan fingerprint density at radius 2 is 1.92 bits per heavy atom. The highest BCUT2D eigenvalue weighted by Gasteiger charge is 2.24. The molecule has 1 N–H and O–H groups in total. The number of nitrogens with zero attached hydrogens (tertiary/aromatic N) is 3. The molecule has 0 saturated carbocycles. The van der Waals surface area contributed by atoms with Crippen molar-refractivity contribution >= 4 is 21.4 Å². The molecule has 26 heavy (non-hydrogen) atoms. The van der Waals surface area contributed by atoms with Crippen LogP contribution in [-0.4, -0.2) is 50.3 Å². The maximum atomic E-state index is 12.9. The highest BCUT2D eigenvalue weighted by Crippen LogP contribution is 2.30. The van der Waals surface area contributed by atoms with Gasteiger partial charge in [0.2, 0.25) is 10.0 Å². The molecule has 0 unspecified atom stereocenters. The number of sulfonamides is 1. The summed E-state index contributed by atoms with van der Waals surface area (Å²) in [6.45, 7) is 1.21. The van der Waals surface area contributed by atoms with Crippen molar-refractivity contribution in [1.29, 1.82) is 0 Å². The Balaban J connectivity index is 1.93. The third-order valence-corrected chi connectivity index (χ3v) is 6.16. The minimum atomic E-state index is -3.65. The van der Waals surface area contributed by atoms with Gasteiger partial charge in [0, 0.05) is 6.54 Å². The number of rotatable bonds is 8. The van der Waals surface area contributed by atoms with Crippen molar-refractivity contribution in [3.05, 3.63) is 54.0 Å². The lowest BCUT2D eigenvalue weighted by Gasteiger charge is -2.10. The first-order valence-electron chi connectivity index (χ1n) is 8.31. The zero-order valence-corrected chi connectivity index (χ0v) is 16.4. The lowest BCUT2D eigenvalue weighted by molar-refractivity contribution is 0.400. The molecule has 0 aliphatic rings. The van der Waals surface area contributed by atoms with Crippen molar-refractivity contribution in [2.75, 3.05) is 27.2 Å². The van der Waals surface area contributed by atoms with Gasteiger partial charge in [-0.3, -0.25) is 0 Å². The minimum Gasteiger partial charge on any atom is -0.309 e. The van der Waals surface area contributed by atoms with Gasteiger partial charge in [-0.25, -0.2) is 17.8 Å². The summed E-state index contributed by atoms with van der Waals surface area (Å²) in [5.74, 6) is 0. The third kappa shape index (κ3) is 4.39. The molecule has 3 rings (SSSR count). The van der Waals surface area contributed by atoms with Gasteiger partial charge in [-0.2, -0.15) is 5.10 Å². The molecule has 0 spiro atoms. The Hall–Kier alpha value is -2.00. The molecule has 0 amide bonds. The van der Waals surface area contributed by atoms with Gasteiger partial charge in [-0.1, -0.05) is 24.3 Å². The van der Waals surface area contributed by atoms with Crippen molar-refractivity contribution in [1.82, 2.24) is 19.4 Å². The molecule has 2 heterocycles. The maximum absolute atomic E-state index is 12.9. The van der Waals surface area contributed by atoms with Crippen LogP contribution in [0, 0.1) is 0 Å². The molecule has 0 fully saturated rings. The molecule has 8 heteroatoms. The van der Waals surface area contributed by atoms with Crippen LogP contribution in [0.5, 0.6) is 0 Å². The van der Waals surface area contributed by atoms with Crippen molar-refractivity contribution < 1.29 is 8.42 Å². The fourth-order valence-electron chi connectivity index (χ4n) is 2.53. The van der Waals surface area contributed by atoms with E-state index in [4.69, 9.17) is 0 Å². The van der Waals surface area contributed by atoms with Crippen molar-refractivity contribution in [2.24, 2.45) is 0 Å². The monoisotopic (exact) mass is 390 g/mol. The number of hydrogen-bond donors (Lipinski definition) is 1. The standard InChI is InChI=1S/C18H22N4O2S2/c1-21(2)12-7-11-19-26(23,24)17-14-22(15-8-4-3-5-9-15)20-18(17)16-10-6-13-25-16/h3-6,8-10,13-14,19H,7,11-12H2,1-2H3. The Kier molecular flexibility index (Phi) is 5.87. The largest absolute Gasteiger partial charge is 0.309 e. The molecule has 2 aromatic heterocycles. The van der Waals surface area contributed by atoms with E-state index < -0.39 is 10.0 Å². The fraction of sp³-hybridized carbons (Fsp3) is 0.278. The predicted octanol–water partition coefficient (Wildman–Crippen LogP) is 2.83. The molecule has 3 aromatic rings. The second kappa shape index (κ2) is 8.13. The van der Waals surface area contributed by atoms with Crippen LogP contribution in [0.25, 0.3) is 16.3 Å². The lowest BCUT2D eigenvalue weighted by Crippen LogP contribution is -2.27. The van der Waals surface area contributed by atoms with E-state index in [-0.39, 0.29) is 4.90 Å². The molecular weight excluding hydrogens is 368 g/mol. The number of hydrogen-bond acceptors (Lipinski definition) is 5. The lowest BCUT2D eigenvalue weighted by atomic mass is 10.3. The average molecular weight is 391 g/mol. The van der Waals surface area contributed by atoms with Crippen LogP contribution in [0.3, 0.4) is 0 Å². The summed E-state index contributed by atoms with van der Waals surface area (Å²) in [6.07, 6.45) is 2.33. The molecule has 0 atom stereocenters. The van der Waals surface area contributed by atoms with E-state index in [0.29, 0.717) is 12.2 Å². The Labute approximate surface area is 158 Å². The first-order valence-corrected chi connectivity index (χ1v) is 10.7. The second-order valence-corrected chi connectivity index (χ2v) is 8.84. The van der Waals surface area contributed by atoms with Crippen LogP contribution in [0.4, 0.5) is 0 Å². The predicted molar refractivity (Wildman–Crippen MR) is 105 cm³/mol. The number of benzene rings is 1. The summed E-state index contributed by atoms with van der Waals surface area (Å²) < 4.78 is 30.0. The molecule has 0 bridgehead atoms. The second-order valence-electron chi connectivity index (χ2n) is 6.15. The van der Waals surface area contributed by atoms with E-state index in [1.54, 1.807) is 10.9 Å². The molecule has 0 aliphatic heterocycles. The van der Waals surface area contributed by atoms with Gasteiger partial charge in [-0.05, 0) is 50.6 Å². The first kappa shape index (κ1) is 18.8. The summed E-state index contributed by atoms with van der Waals surface area (Å²) in [6, 6.07) is 13.3. The van der Waals surface area contributed by atoms with Gasteiger partial charge in [0.15, 0.2) is 0 Å². The highest BCUT2D eigenvalue weighted by atomic mass is 32.2. The fourth-order valence-corrected chi connectivity index (χ4v) is 4.53. The Bertz CT molecular complexity index is 933. The van der Waals surface area contributed by atoms with Crippen LogP contribution in [0.1, 0.15) is 6.42 Å². The Morgan fingerprint density at radius 3 is 2.58 bits per heavy atom. The molecule has 0 aliphatic carbocycles. The summed E-state index contributed by atoms with van der Waals surface area (Å²) in [7, 11) is 0.284. The minimum absolute atomic E-state index is 0.202. The highest BCUT2D eigenvalue weighted by molar-refractivity contribution is 7.89. The van der Waals surface area contributed by atoms with E-state index in [2.05, 4.69) is 9.82 Å². The zero-order chi connectivity index (χ0) is 18.6. The molecular formula is C18H22N4O2S2. The Morgan fingerprint density at radius 1 is 1.15 bits per heavy atom. The average Bonchev–Trinajstić information content (AvgIpc) is 3.28. The van der Waals surface area contributed by atoms with Crippen LogP contribution >= 0.6 is 11.3 Å². The number of aromatic nitrogens is 2. The maximum Gasteiger partial charge on any atom is 0.244 e. The van der Waals surface area contributed by atoms with Crippen LogP contribution in [-0.2, 0) is 10.0 Å². The van der Waals surface area contributed by atoms with E-state index in [1.165, 1.54) is 11.3 Å². The SMILES string of the molecule is CN(C)CCCNS(=O)(=O)c1cn(-c2ccccc2)nc1-c1cccs1. The normalized spacial score (nSPS) is 12.0. The van der Waals surface area contributed by atoms with Gasteiger partial charge < -0.3 is 4.90 Å². The van der Waals surface area contributed by atoms with Gasteiger partial charge >= 0.3 is 0 Å². The van der Waals surface area contributed by atoms with E-state index >= 15 is 0 Å². The quantitative estimate of drug-likeness (QED) is 0.601. The van der Waals surface area contributed by atoms with Crippen molar-refractivity contribution in [3.63, 3.8) is 0 Å². The van der Waals surface area contributed by atoms with Crippen molar-refractivity contribution in [2.45, 2.75) is 11.3 Å². The number of para-hydroxylation sites is 1. The van der Waals surface area contributed by atoms with Gasteiger partial charge in [0.1, 0.15) is 10.6 Å². The first-order chi connectivity index (χ1) is 12.5. The third-order valence-electron chi connectivity index (χ3n) is 3.82. The van der Waals surface area contributed by atoms with Gasteiger partial charge in [0.25, 0.3) is 0 Å². The van der Waals surface area contributed by atoms with E-state index in [1.807, 2.05) is 66.8 Å². The molecule has 0 radical (unpaired) electrons. The van der Waals surface area contributed by atoms with E-state index in [0.717, 1.165) is 23.5 Å².